The Balaban J connectivity index is 2.15. The summed E-state index contributed by atoms with van der Waals surface area (Å²) >= 11 is 0. The average molecular weight is 260 g/mol. The Labute approximate surface area is 117 Å². The Morgan fingerprint density at radius 3 is 2.53 bits per heavy atom. The van der Waals surface area contributed by atoms with E-state index in [4.69, 9.17) is 4.74 Å². The second-order valence-electron chi connectivity index (χ2n) is 5.98. The van der Waals surface area contributed by atoms with Crippen LogP contribution >= 0.6 is 0 Å². The molecular weight excluding hydrogens is 234 g/mol. The van der Waals surface area contributed by atoms with E-state index in [2.05, 4.69) is 51.2 Å². The molecule has 1 aliphatic heterocycles. The predicted octanol–water partition coefficient (Wildman–Crippen LogP) is 3.77. The van der Waals surface area contributed by atoms with Gasteiger partial charge < -0.3 is 9.22 Å². The van der Waals surface area contributed by atoms with Gasteiger partial charge in [0.1, 0.15) is 12.3 Å². The molecule has 2 unspecified atom stereocenters. The molecule has 2 nitrogen and oxygen atoms in total. The van der Waals surface area contributed by atoms with Gasteiger partial charge in [0.25, 0.3) is 0 Å². The first-order valence-electron chi connectivity index (χ1n) is 7.20. The van der Waals surface area contributed by atoms with Gasteiger partial charge in [0, 0.05) is 12.0 Å². The molecule has 0 aromatic heterocycles. The fourth-order valence-corrected chi connectivity index (χ4v) is 3.12. The van der Waals surface area contributed by atoms with Crippen molar-refractivity contribution in [3.05, 3.63) is 41.5 Å². The molecule has 0 fully saturated rings. The molecule has 0 N–H and O–H groups in total. The number of methoxy groups -OCH3 is 1. The van der Waals surface area contributed by atoms with Crippen LogP contribution in [0.3, 0.4) is 0 Å². The van der Waals surface area contributed by atoms with Crippen molar-refractivity contribution in [2.45, 2.75) is 39.3 Å². The van der Waals surface area contributed by atoms with Gasteiger partial charge >= 0.3 is 0 Å². The maximum atomic E-state index is 5.23. The SMILES string of the molecule is CCC1CC(C)=CC[N+]1(C)Cc1ccc(OC)cc1. The standard InChI is InChI=1S/C17H26NO/c1-5-16-12-14(2)10-11-18(16,3)13-15-6-8-17(19-4)9-7-15/h6-10,16H,5,11-13H2,1-4H3/q+1. The highest BCUT2D eigenvalue weighted by Crippen LogP contribution is 2.28. The minimum atomic E-state index is 0.743. The van der Waals surface area contributed by atoms with E-state index in [1.807, 2.05) is 0 Å². The van der Waals surface area contributed by atoms with Gasteiger partial charge in [-0.05, 0) is 43.7 Å². The van der Waals surface area contributed by atoms with Crippen molar-refractivity contribution in [3.63, 3.8) is 0 Å². The van der Waals surface area contributed by atoms with Crippen LogP contribution in [0.5, 0.6) is 5.75 Å². The molecule has 1 aromatic carbocycles. The van der Waals surface area contributed by atoms with Gasteiger partial charge in [-0.25, -0.2) is 0 Å². The smallest absolute Gasteiger partial charge is 0.118 e. The van der Waals surface area contributed by atoms with E-state index in [-0.39, 0.29) is 0 Å². The minimum Gasteiger partial charge on any atom is -0.497 e. The number of rotatable bonds is 4. The molecule has 0 spiro atoms. The quantitative estimate of drug-likeness (QED) is 0.591. The number of hydrogen-bond donors (Lipinski definition) is 0. The van der Waals surface area contributed by atoms with Crippen LogP contribution in [0.4, 0.5) is 0 Å². The summed E-state index contributed by atoms with van der Waals surface area (Å²) in [4.78, 5) is 0. The Hall–Kier alpha value is -1.28. The van der Waals surface area contributed by atoms with Gasteiger partial charge in [-0.1, -0.05) is 12.5 Å². The van der Waals surface area contributed by atoms with Crippen molar-refractivity contribution in [1.82, 2.24) is 0 Å². The summed E-state index contributed by atoms with van der Waals surface area (Å²) in [7, 11) is 4.11. The Bertz CT molecular complexity index is 449. The zero-order valence-corrected chi connectivity index (χ0v) is 12.6. The highest BCUT2D eigenvalue weighted by Gasteiger charge is 2.33. The largest absolute Gasteiger partial charge is 0.497 e. The van der Waals surface area contributed by atoms with Gasteiger partial charge in [0.05, 0.1) is 26.7 Å². The first-order valence-corrected chi connectivity index (χ1v) is 7.20. The molecule has 0 amide bonds. The van der Waals surface area contributed by atoms with Crippen molar-refractivity contribution in [2.24, 2.45) is 0 Å². The second kappa shape index (κ2) is 5.79. The highest BCUT2D eigenvalue weighted by molar-refractivity contribution is 5.26. The van der Waals surface area contributed by atoms with E-state index >= 15 is 0 Å². The van der Waals surface area contributed by atoms with Crippen LogP contribution < -0.4 is 4.74 Å². The molecule has 2 heteroatoms. The van der Waals surface area contributed by atoms with Gasteiger partial charge in [0.2, 0.25) is 0 Å². The maximum absolute atomic E-state index is 5.23. The van der Waals surface area contributed by atoms with Crippen LogP contribution in [-0.2, 0) is 6.54 Å². The third-order valence-corrected chi connectivity index (χ3v) is 4.47. The number of likely N-dealkylation sites (N-methyl/N-ethyl adjacent to an activating group) is 1. The van der Waals surface area contributed by atoms with Crippen molar-refractivity contribution in [1.29, 1.82) is 0 Å². The molecule has 1 heterocycles. The topological polar surface area (TPSA) is 9.23 Å². The summed E-state index contributed by atoms with van der Waals surface area (Å²) in [5.74, 6) is 0.938. The monoisotopic (exact) mass is 260 g/mol. The van der Waals surface area contributed by atoms with Gasteiger partial charge in [-0.2, -0.15) is 0 Å². The summed E-state index contributed by atoms with van der Waals surface area (Å²) in [6, 6.07) is 9.26. The number of nitrogens with zero attached hydrogens (tertiary/aromatic N) is 1. The van der Waals surface area contributed by atoms with E-state index in [1.54, 1.807) is 12.7 Å². The number of benzene rings is 1. The van der Waals surface area contributed by atoms with Gasteiger partial charge in [-0.15, -0.1) is 0 Å². The molecule has 2 atom stereocenters. The molecule has 0 aliphatic carbocycles. The first kappa shape index (κ1) is 14.1. The fourth-order valence-electron chi connectivity index (χ4n) is 3.12. The lowest BCUT2D eigenvalue weighted by Crippen LogP contribution is -2.53. The summed E-state index contributed by atoms with van der Waals surface area (Å²) in [6.07, 6.45) is 4.90. The zero-order chi connectivity index (χ0) is 13.9. The molecule has 19 heavy (non-hydrogen) atoms. The summed E-state index contributed by atoms with van der Waals surface area (Å²) in [5, 5.41) is 0. The van der Waals surface area contributed by atoms with E-state index in [9.17, 15) is 0 Å². The third-order valence-electron chi connectivity index (χ3n) is 4.47. The molecular formula is C17H26NO+. The highest BCUT2D eigenvalue weighted by atomic mass is 16.5. The number of ether oxygens (including phenoxy) is 1. The Kier molecular flexibility index (Phi) is 4.31. The Morgan fingerprint density at radius 1 is 1.26 bits per heavy atom. The van der Waals surface area contributed by atoms with Crippen LogP contribution in [-0.4, -0.2) is 31.2 Å². The van der Waals surface area contributed by atoms with Crippen LogP contribution in [0.2, 0.25) is 0 Å². The third kappa shape index (κ3) is 3.19. The summed E-state index contributed by atoms with van der Waals surface area (Å²) < 4.78 is 6.35. The summed E-state index contributed by atoms with van der Waals surface area (Å²) in [6.45, 7) is 6.83. The van der Waals surface area contributed by atoms with Crippen LogP contribution in [0.15, 0.2) is 35.9 Å². The van der Waals surface area contributed by atoms with E-state index in [1.165, 1.54) is 18.4 Å². The maximum Gasteiger partial charge on any atom is 0.118 e. The summed E-state index contributed by atoms with van der Waals surface area (Å²) in [5.41, 5.74) is 2.95. The molecule has 0 saturated carbocycles. The van der Waals surface area contributed by atoms with E-state index in [0.29, 0.717) is 0 Å². The van der Waals surface area contributed by atoms with Gasteiger partial charge in [0.15, 0.2) is 0 Å². The number of hydrogen-bond acceptors (Lipinski definition) is 1. The Morgan fingerprint density at radius 2 is 1.95 bits per heavy atom. The zero-order valence-electron chi connectivity index (χ0n) is 12.6. The van der Waals surface area contributed by atoms with Gasteiger partial charge in [-0.3, -0.25) is 0 Å². The lowest BCUT2D eigenvalue weighted by atomic mass is 9.95. The van der Waals surface area contributed by atoms with Crippen molar-refractivity contribution < 1.29 is 9.22 Å². The van der Waals surface area contributed by atoms with Crippen molar-refractivity contribution in [2.75, 3.05) is 20.7 Å². The molecule has 104 valence electrons. The molecule has 0 bridgehead atoms. The predicted molar refractivity (Wildman–Crippen MR) is 80.2 cm³/mol. The van der Waals surface area contributed by atoms with E-state index < -0.39 is 0 Å². The molecule has 1 aliphatic rings. The van der Waals surface area contributed by atoms with Crippen molar-refractivity contribution in [3.8, 4) is 5.75 Å². The fraction of sp³-hybridized carbons (Fsp3) is 0.529. The number of quaternary nitrogens is 1. The molecule has 0 radical (unpaired) electrons. The molecule has 1 aromatic rings. The average Bonchev–Trinajstić information content (AvgIpc) is 2.42. The first-order chi connectivity index (χ1) is 9.07. The lowest BCUT2D eigenvalue weighted by molar-refractivity contribution is -0.942. The second-order valence-corrected chi connectivity index (χ2v) is 5.98. The molecule has 0 saturated heterocycles. The van der Waals surface area contributed by atoms with Crippen LogP contribution in [0, 0.1) is 0 Å². The normalized spacial score (nSPS) is 26.9. The van der Waals surface area contributed by atoms with Crippen LogP contribution in [0.1, 0.15) is 32.3 Å². The molecule has 2 rings (SSSR count). The van der Waals surface area contributed by atoms with E-state index in [0.717, 1.165) is 29.4 Å². The van der Waals surface area contributed by atoms with Crippen molar-refractivity contribution >= 4 is 0 Å². The van der Waals surface area contributed by atoms with Crippen LogP contribution in [0.25, 0.3) is 0 Å². The minimum absolute atomic E-state index is 0.743. The lowest BCUT2D eigenvalue weighted by Gasteiger charge is -2.43.